The van der Waals surface area contributed by atoms with Gasteiger partial charge in [0.1, 0.15) is 54.9 Å². The van der Waals surface area contributed by atoms with Crippen LogP contribution in [0.15, 0.2) is 48.0 Å². The number of thiol groups is 1. The number of nitrogens with one attached hydrogen (secondary N) is 11. The number of aromatic amines is 2. The van der Waals surface area contributed by atoms with Gasteiger partial charge in [-0.1, -0.05) is 45.9 Å². The van der Waals surface area contributed by atoms with E-state index in [9.17, 15) is 63.0 Å². The van der Waals surface area contributed by atoms with Crippen molar-refractivity contribution in [2.24, 2.45) is 39.8 Å². The predicted octanol–water partition coefficient (Wildman–Crippen LogP) is -4.81. The molecule has 0 aliphatic heterocycles. The summed E-state index contributed by atoms with van der Waals surface area (Å²) in [4.78, 5) is 161. The van der Waals surface area contributed by atoms with E-state index in [0.717, 1.165) is 23.4 Å². The van der Waals surface area contributed by atoms with Crippen molar-refractivity contribution in [3.8, 4) is 0 Å². The molecule has 0 bridgehead atoms. The molecule has 2 heterocycles. The van der Waals surface area contributed by atoms with Gasteiger partial charge in [-0.25, -0.2) is 4.98 Å². The number of carbonyl (C=O) groups is 11. The van der Waals surface area contributed by atoms with Crippen LogP contribution in [0.3, 0.4) is 0 Å². The SMILES string of the molecule is CC(C)C[C@H](NC(=O)[C@H](CS)NC(=O)[C@H](CCC(N)=O)NC(=O)[C@@H](N)Cc1c[nH]c2ccccc12)C(=O)N[C@H](C(=O)N[C@@H](CC(C)C)C(=O)N[C@H](C(=O)N[C@@H](Cc1cnc[nH]1)C(=O)N[C@@H](CCCN=C(N)N)C(=O)NCC(=O)O)[C@@H](C)O)[C@@H](C)O. The average molecular weight is 1210 g/mol. The number of nitrogens with zero attached hydrogens (tertiary/aromatic N) is 2. The quantitative estimate of drug-likeness (QED) is 0.0111. The highest BCUT2D eigenvalue weighted by Gasteiger charge is 2.38. The van der Waals surface area contributed by atoms with E-state index in [0.29, 0.717) is 5.69 Å². The fourth-order valence-electron chi connectivity index (χ4n) is 8.61. The highest BCUT2D eigenvalue weighted by Crippen LogP contribution is 2.19. The molecule has 11 atom stereocenters. The predicted molar refractivity (Wildman–Crippen MR) is 313 cm³/mol. The lowest BCUT2D eigenvalue weighted by atomic mass is 10.00. The summed E-state index contributed by atoms with van der Waals surface area (Å²) in [5, 5.41) is 53.9. The molecule has 0 spiro atoms. The second kappa shape index (κ2) is 35.1. The number of aliphatic hydroxyl groups excluding tert-OH is 2. The maximum absolute atomic E-state index is 14.1. The monoisotopic (exact) mass is 1210 g/mol. The minimum Gasteiger partial charge on any atom is -0.480 e. The van der Waals surface area contributed by atoms with E-state index >= 15 is 0 Å². The lowest BCUT2D eigenvalue weighted by Gasteiger charge is -2.30. The Hall–Kier alpha value is -8.36. The number of primary amides is 1. The fraction of sp³-hybridized carbons (Fsp3) is 0.566. The number of aliphatic imine (C=N–C) groups is 1. The third kappa shape index (κ3) is 24.4. The number of hydrogen-bond donors (Lipinski definition) is 19. The van der Waals surface area contributed by atoms with Crippen LogP contribution in [0.25, 0.3) is 10.9 Å². The standard InChI is InChI=1S/C53H83N17O14S/c1-25(2)16-36(65-50(82)39(23-85)68-46(78)35(13-14-40(55)73)63-44(76)32(54)18-29-20-60-33-11-8-7-10-31(29)33)48(80)69-42(27(5)71)51(83)66-37(17-26(3)4)49(81)70-43(28(6)72)52(84)67-38(19-30-21-58-24-62-30)47(79)64-34(12-9-15-59-53(56)57)45(77)61-22-41(74)75/h7-8,10-11,20-21,24-28,32,34-39,42-43,60,71-72,85H,9,12-19,22-23,54H2,1-6H3,(H2,55,73)(H,58,62)(H,61,77)(H,63,76)(H,64,79)(H,65,82)(H,66,83)(H,67,84)(H,68,78)(H,69,80)(H,70,81)(H,74,75)(H4,56,57,59)/t27-,28-,32+,34+,35+,36+,37+,38+,39+,42+,43+/m1/s1. The van der Waals surface area contributed by atoms with E-state index in [1.54, 1.807) is 33.9 Å². The van der Waals surface area contributed by atoms with Crippen molar-refractivity contribution in [3.05, 3.63) is 54.2 Å². The number of carboxylic acid groups (broad SMARTS) is 1. The molecule has 31 nitrogen and oxygen atoms in total. The molecule has 0 unspecified atom stereocenters. The van der Waals surface area contributed by atoms with Gasteiger partial charge in [-0.2, -0.15) is 12.6 Å². The number of para-hydroxylation sites is 1. The minimum absolute atomic E-state index is 0.0409. The van der Waals surface area contributed by atoms with E-state index < -0.39 is 138 Å². The van der Waals surface area contributed by atoms with Crippen molar-refractivity contribution >= 4 is 94.5 Å². The first-order valence-electron chi connectivity index (χ1n) is 27.5. The number of aromatic nitrogens is 3. The van der Waals surface area contributed by atoms with E-state index in [-0.39, 0.29) is 81.5 Å². The molecule has 85 heavy (non-hydrogen) atoms. The number of amides is 10. The molecule has 0 fully saturated rings. The Morgan fingerprint density at radius 2 is 1.11 bits per heavy atom. The zero-order valence-electron chi connectivity index (χ0n) is 48.3. The van der Waals surface area contributed by atoms with Gasteiger partial charge in [0.25, 0.3) is 0 Å². The smallest absolute Gasteiger partial charge is 0.322 e. The number of nitrogens with two attached hydrogens (primary N) is 4. The molecule has 0 aliphatic rings. The van der Waals surface area contributed by atoms with Crippen LogP contribution in [-0.2, 0) is 65.6 Å². The molecule has 3 aromatic rings. The maximum Gasteiger partial charge on any atom is 0.322 e. The van der Waals surface area contributed by atoms with Crippen LogP contribution in [0.1, 0.15) is 91.3 Å². The Labute approximate surface area is 496 Å². The molecule has 0 radical (unpaired) electrons. The summed E-state index contributed by atoms with van der Waals surface area (Å²) in [6, 6.07) is -5.99. The summed E-state index contributed by atoms with van der Waals surface area (Å²) in [5.74, 6) is -11.9. The number of carbonyl (C=O) groups excluding carboxylic acids is 10. The molecule has 32 heteroatoms. The number of H-pyrrole nitrogens is 2. The van der Waals surface area contributed by atoms with Crippen LogP contribution < -0.4 is 70.8 Å². The number of hydrogen-bond acceptors (Lipinski definition) is 17. The highest BCUT2D eigenvalue weighted by atomic mass is 32.1. The first-order chi connectivity index (χ1) is 40.0. The molecule has 470 valence electrons. The van der Waals surface area contributed by atoms with Crippen molar-refractivity contribution in [1.29, 1.82) is 0 Å². The van der Waals surface area contributed by atoms with Crippen molar-refractivity contribution < 1.29 is 68.1 Å². The largest absolute Gasteiger partial charge is 0.480 e. The Morgan fingerprint density at radius 3 is 1.62 bits per heavy atom. The van der Waals surface area contributed by atoms with Gasteiger partial charge < -0.3 is 96.1 Å². The number of carboxylic acids is 1. The number of fused-ring (bicyclic) bond motifs is 1. The second-order valence-electron chi connectivity index (χ2n) is 21.3. The molecule has 10 amide bonds. The normalized spacial score (nSPS) is 15.2. The molecular weight excluding hydrogens is 1130 g/mol. The first-order valence-corrected chi connectivity index (χ1v) is 28.2. The van der Waals surface area contributed by atoms with Crippen LogP contribution >= 0.6 is 12.6 Å². The Kier molecular flexibility index (Phi) is 29.2. The first kappa shape index (κ1) is 70.9. The lowest BCUT2D eigenvalue weighted by molar-refractivity contribution is -0.139. The lowest BCUT2D eigenvalue weighted by Crippen LogP contribution is -2.63. The summed E-state index contributed by atoms with van der Waals surface area (Å²) >= 11 is 4.24. The zero-order chi connectivity index (χ0) is 63.7. The summed E-state index contributed by atoms with van der Waals surface area (Å²) in [7, 11) is 0. The molecule has 22 N–H and O–H groups in total. The van der Waals surface area contributed by atoms with Crippen molar-refractivity contribution in [2.45, 2.75) is 159 Å². The Morgan fingerprint density at radius 1 is 0.612 bits per heavy atom. The third-order valence-electron chi connectivity index (χ3n) is 13.0. The van der Waals surface area contributed by atoms with Gasteiger partial charge in [0.15, 0.2) is 5.96 Å². The third-order valence-corrected chi connectivity index (χ3v) is 13.4. The summed E-state index contributed by atoms with van der Waals surface area (Å²) in [6.45, 7) is 8.46. The van der Waals surface area contributed by atoms with Crippen LogP contribution in [0.2, 0.25) is 0 Å². The van der Waals surface area contributed by atoms with E-state index in [1.807, 2.05) is 24.3 Å². The molecule has 2 aromatic heterocycles. The number of aliphatic hydroxyl groups is 2. The van der Waals surface area contributed by atoms with Crippen molar-refractivity contribution in [3.63, 3.8) is 0 Å². The highest BCUT2D eigenvalue weighted by molar-refractivity contribution is 7.80. The molecule has 3 rings (SSSR count). The van der Waals surface area contributed by atoms with Gasteiger partial charge in [0.05, 0.1) is 24.6 Å². The molecule has 0 saturated carbocycles. The number of imidazole rings is 1. The van der Waals surface area contributed by atoms with Crippen molar-refractivity contribution in [2.75, 3.05) is 18.8 Å². The summed E-state index contributed by atoms with van der Waals surface area (Å²) < 4.78 is 0. The number of guanidine groups is 1. The topological polar surface area (TPSA) is 518 Å². The number of benzene rings is 1. The molecule has 0 saturated heterocycles. The Bertz CT molecular complexity index is 2790. The summed E-state index contributed by atoms with van der Waals surface area (Å²) in [5.41, 5.74) is 24.3. The minimum atomic E-state index is -1.80. The van der Waals surface area contributed by atoms with Crippen molar-refractivity contribution in [1.82, 2.24) is 62.8 Å². The molecular formula is C53H83N17O14S. The maximum atomic E-state index is 14.1. The van der Waals surface area contributed by atoms with E-state index in [2.05, 4.69) is 80.4 Å². The molecule has 0 aliphatic carbocycles. The van der Waals surface area contributed by atoms with Gasteiger partial charge in [-0.3, -0.25) is 57.7 Å². The van der Waals surface area contributed by atoms with Crippen LogP contribution in [-0.4, -0.2) is 187 Å². The van der Waals surface area contributed by atoms with Gasteiger partial charge >= 0.3 is 5.97 Å². The molecule has 1 aromatic carbocycles. The number of aliphatic carboxylic acids is 1. The number of rotatable bonds is 37. The van der Waals surface area contributed by atoms with Gasteiger partial charge in [0, 0.05) is 54.1 Å². The second-order valence-corrected chi connectivity index (χ2v) is 21.6. The Balaban J connectivity index is 1.79. The van der Waals surface area contributed by atoms with Crippen LogP contribution in [0.5, 0.6) is 0 Å². The van der Waals surface area contributed by atoms with Gasteiger partial charge in [-0.15, -0.1) is 0 Å². The summed E-state index contributed by atoms with van der Waals surface area (Å²) in [6.07, 6.45) is 0.198. The van der Waals surface area contributed by atoms with Crippen LogP contribution in [0, 0.1) is 11.8 Å². The van der Waals surface area contributed by atoms with Gasteiger partial charge in [-0.05, 0) is 75.8 Å². The van der Waals surface area contributed by atoms with E-state index in [4.69, 9.17) is 28.0 Å². The van der Waals surface area contributed by atoms with Gasteiger partial charge in [0.2, 0.25) is 59.1 Å². The van der Waals surface area contributed by atoms with Crippen LogP contribution in [0.4, 0.5) is 0 Å². The van der Waals surface area contributed by atoms with E-state index in [1.165, 1.54) is 19.4 Å². The fourth-order valence-corrected chi connectivity index (χ4v) is 8.86. The average Bonchev–Trinajstić information content (AvgIpc) is 4.24. The zero-order valence-corrected chi connectivity index (χ0v) is 49.2.